The molecule has 1 aliphatic carbocycles. The standard InChI is InChI=1S/C21H23NO3/c1-3-6-15-9-12-19(20(13-15)24-2)25-14-21(23)22-18-11-10-16-7-4-5-8-17(16)18/h3-5,7-9,12-13,18H,1,6,10-11,14H2,2H3,(H,22,23)/t18-/m1/s1. The Hall–Kier alpha value is -2.75. The summed E-state index contributed by atoms with van der Waals surface area (Å²) in [5.41, 5.74) is 3.61. The normalized spacial score (nSPS) is 15.3. The Morgan fingerprint density at radius 1 is 1.28 bits per heavy atom. The number of carbonyl (C=O) groups excluding carboxylic acids is 1. The molecule has 1 N–H and O–H groups in total. The number of amides is 1. The molecule has 0 saturated heterocycles. The average molecular weight is 337 g/mol. The van der Waals surface area contributed by atoms with E-state index in [-0.39, 0.29) is 18.6 Å². The number of aryl methyl sites for hydroxylation is 1. The number of fused-ring (bicyclic) bond motifs is 1. The number of benzene rings is 2. The van der Waals surface area contributed by atoms with Crippen molar-refractivity contribution in [3.63, 3.8) is 0 Å². The van der Waals surface area contributed by atoms with Gasteiger partial charge in [-0.15, -0.1) is 6.58 Å². The van der Waals surface area contributed by atoms with Crippen LogP contribution in [0.15, 0.2) is 55.1 Å². The van der Waals surface area contributed by atoms with E-state index >= 15 is 0 Å². The van der Waals surface area contributed by atoms with Crippen LogP contribution in [0, 0.1) is 0 Å². The van der Waals surface area contributed by atoms with Gasteiger partial charge < -0.3 is 14.8 Å². The minimum atomic E-state index is -0.126. The summed E-state index contributed by atoms with van der Waals surface area (Å²) in [6.07, 6.45) is 4.53. The minimum absolute atomic E-state index is 0.0319. The smallest absolute Gasteiger partial charge is 0.258 e. The van der Waals surface area contributed by atoms with Gasteiger partial charge in [-0.05, 0) is 48.1 Å². The summed E-state index contributed by atoms with van der Waals surface area (Å²) in [7, 11) is 1.59. The van der Waals surface area contributed by atoms with Crippen LogP contribution in [0.25, 0.3) is 0 Å². The van der Waals surface area contributed by atoms with Crippen LogP contribution in [0.1, 0.15) is 29.2 Å². The molecule has 4 nitrogen and oxygen atoms in total. The molecule has 0 unspecified atom stereocenters. The molecular weight excluding hydrogens is 314 g/mol. The molecule has 0 aliphatic heterocycles. The second kappa shape index (κ2) is 7.88. The summed E-state index contributed by atoms with van der Waals surface area (Å²) in [6.45, 7) is 3.70. The third kappa shape index (κ3) is 4.02. The molecule has 2 aromatic rings. The quantitative estimate of drug-likeness (QED) is 0.785. The van der Waals surface area contributed by atoms with Gasteiger partial charge in [-0.3, -0.25) is 4.79 Å². The van der Waals surface area contributed by atoms with Gasteiger partial charge in [0.2, 0.25) is 0 Å². The zero-order chi connectivity index (χ0) is 17.6. The van der Waals surface area contributed by atoms with Crippen LogP contribution in [-0.2, 0) is 17.6 Å². The molecule has 0 saturated carbocycles. The van der Waals surface area contributed by atoms with Gasteiger partial charge in [-0.25, -0.2) is 0 Å². The van der Waals surface area contributed by atoms with Crippen molar-refractivity contribution < 1.29 is 14.3 Å². The van der Waals surface area contributed by atoms with E-state index < -0.39 is 0 Å². The number of nitrogens with one attached hydrogen (secondary N) is 1. The van der Waals surface area contributed by atoms with Crippen molar-refractivity contribution in [3.8, 4) is 11.5 Å². The minimum Gasteiger partial charge on any atom is -0.493 e. The molecule has 2 aromatic carbocycles. The first kappa shape index (κ1) is 17.1. The molecule has 3 rings (SSSR count). The number of allylic oxidation sites excluding steroid dienone is 1. The fraction of sp³-hybridized carbons (Fsp3) is 0.286. The monoisotopic (exact) mass is 337 g/mol. The lowest BCUT2D eigenvalue weighted by Crippen LogP contribution is -2.31. The highest BCUT2D eigenvalue weighted by molar-refractivity contribution is 5.78. The van der Waals surface area contributed by atoms with Gasteiger partial charge >= 0.3 is 0 Å². The molecule has 0 aromatic heterocycles. The van der Waals surface area contributed by atoms with Crippen molar-refractivity contribution in [2.24, 2.45) is 0 Å². The molecular formula is C21H23NO3. The van der Waals surface area contributed by atoms with Crippen molar-refractivity contribution in [2.75, 3.05) is 13.7 Å². The zero-order valence-corrected chi connectivity index (χ0v) is 14.5. The van der Waals surface area contributed by atoms with E-state index in [1.807, 2.05) is 36.4 Å². The van der Waals surface area contributed by atoms with Crippen LogP contribution in [0.3, 0.4) is 0 Å². The molecule has 130 valence electrons. The van der Waals surface area contributed by atoms with Crippen molar-refractivity contribution in [1.82, 2.24) is 5.32 Å². The third-order valence-corrected chi connectivity index (χ3v) is 4.43. The van der Waals surface area contributed by atoms with Gasteiger partial charge in [0.05, 0.1) is 13.2 Å². The average Bonchev–Trinajstić information content (AvgIpc) is 3.04. The SMILES string of the molecule is C=CCc1ccc(OCC(=O)N[C@@H]2CCc3ccccc32)c(OC)c1. The first-order valence-corrected chi connectivity index (χ1v) is 8.49. The molecule has 1 aliphatic rings. The van der Waals surface area contributed by atoms with E-state index in [1.54, 1.807) is 7.11 Å². The van der Waals surface area contributed by atoms with E-state index in [4.69, 9.17) is 9.47 Å². The summed E-state index contributed by atoms with van der Waals surface area (Å²) in [4.78, 5) is 12.3. The van der Waals surface area contributed by atoms with Crippen LogP contribution in [-0.4, -0.2) is 19.6 Å². The van der Waals surface area contributed by atoms with Crippen LogP contribution in [0.2, 0.25) is 0 Å². The van der Waals surface area contributed by atoms with Gasteiger partial charge in [0, 0.05) is 0 Å². The first-order chi connectivity index (χ1) is 12.2. The van der Waals surface area contributed by atoms with Crippen LogP contribution >= 0.6 is 0 Å². The Labute approximate surface area is 148 Å². The Morgan fingerprint density at radius 2 is 2.12 bits per heavy atom. The highest BCUT2D eigenvalue weighted by Crippen LogP contribution is 2.31. The van der Waals surface area contributed by atoms with Crippen molar-refractivity contribution >= 4 is 5.91 Å². The van der Waals surface area contributed by atoms with Gasteiger partial charge in [-0.2, -0.15) is 0 Å². The maximum absolute atomic E-state index is 12.3. The van der Waals surface area contributed by atoms with Crippen molar-refractivity contribution in [3.05, 3.63) is 71.8 Å². The molecule has 0 fully saturated rings. The molecule has 4 heteroatoms. The van der Waals surface area contributed by atoms with E-state index in [1.165, 1.54) is 11.1 Å². The van der Waals surface area contributed by atoms with Crippen molar-refractivity contribution in [1.29, 1.82) is 0 Å². The van der Waals surface area contributed by atoms with Gasteiger partial charge in [0.25, 0.3) is 5.91 Å². The maximum Gasteiger partial charge on any atom is 0.258 e. The predicted molar refractivity (Wildman–Crippen MR) is 98.0 cm³/mol. The lowest BCUT2D eigenvalue weighted by Gasteiger charge is -2.15. The summed E-state index contributed by atoms with van der Waals surface area (Å²) < 4.78 is 11.0. The summed E-state index contributed by atoms with van der Waals surface area (Å²) in [5.74, 6) is 1.06. The van der Waals surface area contributed by atoms with Crippen LogP contribution in [0.4, 0.5) is 0 Å². The highest BCUT2D eigenvalue weighted by atomic mass is 16.5. The second-order valence-electron chi connectivity index (χ2n) is 6.12. The third-order valence-electron chi connectivity index (χ3n) is 4.43. The molecule has 1 atom stereocenters. The second-order valence-corrected chi connectivity index (χ2v) is 6.12. The number of hydrogen-bond acceptors (Lipinski definition) is 3. The number of methoxy groups -OCH3 is 1. The van der Waals surface area contributed by atoms with E-state index in [0.29, 0.717) is 11.5 Å². The number of carbonyl (C=O) groups is 1. The lowest BCUT2D eigenvalue weighted by atomic mass is 10.1. The fourth-order valence-corrected chi connectivity index (χ4v) is 3.21. The molecule has 0 radical (unpaired) electrons. The Kier molecular flexibility index (Phi) is 5.39. The molecule has 1 amide bonds. The molecule has 0 heterocycles. The van der Waals surface area contributed by atoms with Gasteiger partial charge in [-0.1, -0.05) is 36.4 Å². The van der Waals surface area contributed by atoms with E-state index in [0.717, 1.165) is 24.8 Å². The molecule has 0 spiro atoms. The summed E-state index contributed by atoms with van der Waals surface area (Å²) in [6, 6.07) is 14.0. The van der Waals surface area contributed by atoms with Crippen LogP contribution in [0.5, 0.6) is 11.5 Å². The van der Waals surface area contributed by atoms with Gasteiger partial charge in [0.1, 0.15) is 0 Å². The number of hydrogen-bond donors (Lipinski definition) is 1. The molecule has 0 bridgehead atoms. The fourth-order valence-electron chi connectivity index (χ4n) is 3.21. The predicted octanol–water partition coefficient (Wildman–Crippen LogP) is 3.61. The highest BCUT2D eigenvalue weighted by Gasteiger charge is 2.23. The lowest BCUT2D eigenvalue weighted by molar-refractivity contribution is -0.123. The van der Waals surface area contributed by atoms with Gasteiger partial charge in [0.15, 0.2) is 18.1 Å². The Morgan fingerprint density at radius 3 is 2.92 bits per heavy atom. The van der Waals surface area contributed by atoms with E-state index in [9.17, 15) is 4.79 Å². The Balaban J connectivity index is 1.59. The summed E-state index contributed by atoms with van der Waals surface area (Å²) >= 11 is 0. The first-order valence-electron chi connectivity index (χ1n) is 8.49. The number of rotatable bonds is 7. The maximum atomic E-state index is 12.3. The molecule has 25 heavy (non-hydrogen) atoms. The zero-order valence-electron chi connectivity index (χ0n) is 14.5. The van der Waals surface area contributed by atoms with Crippen LogP contribution < -0.4 is 14.8 Å². The largest absolute Gasteiger partial charge is 0.493 e. The Bertz CT molecular complexity index is 769. The van der Waals surface area contributed by atoms with Crippen molar-refractivity contribution in [2.45, 2.75) is 25.3 Å². The number of ether oxygens (including phenoxy) is 2. The topological polar surface area (TPSA) is 47.6 Å². The van der Waals surface area contributed by atoms with E-state index in [2.05, 4.69) is 24.0 Å². The summed E-state index contributed by atoms with van der Waals surface area (Å²) in [5, 5.41) is 3.06.